The van der Waals surface area contributed by atoms with Gasteiger partial charge in [-0.15, -0.1) is 6.42 Å². The average Bonchev–Trinajstić information content (AvgIpc) is 2.43. The topological polar surface area (TPSA) is 72.1 Å². The van der Waals surface area contributed by atoms with Crippen molar-refractivity contribution in [2.45, 2.75) is 31.5 Å². The maximum absolute atomic E-state index is 13.5. The van der Waals surface area contributed by atoms with Gasteiger partial charge in [-0.3, -0.25) is 4.79 Å². The molecule has 0 bridgehead atoms. The largest absolute Gasteiger partial charge is 0.455 e. The van der Waals surface area contributed by atoms with E-state index >= 15 is 0 Å². The zero-order valence-electron chi connectivity index (χ0n) is 12.2. The number of carbonyl (C=O) groups is 1. The number of hydrogen-bond donors (Lipinski definition) is 1. The van der Waals surface area contributed by atoms with E-state index in [0.29, 0.717) is 4.90 Å². The molecule has 0 aliphatic rings. The normalized spacial score (nSPS) is 12.6. The molecule has 0 radical (unpaired) electrons. The summed E-state index contributed by atoms with van der Waals surface area (Å²) in [5.74, 6) is -4.58. The van der Waals surface area contributed by atoms with Crippen LogP contribution in [0.15, 0.2) is 12.5 Å². The summed E-state index contributed by atoms with van der Waals surface area (Å²) in [5.41, 5.74) is 3.05. The molecular weight excluding hydrogens is 323 g/mol. The molecule has 0 aromatic carbocycles. The van der Waals surface area contributed by atoms with Crippen LogP contribution in [0.3, 0.4) is 0 Å². The van der Waals surface area contributed by atoms with Crippen LogP contribution >= 0.6 is 0 Å². The third-order valence-corrected chi connectivity index (χ3v) is 3.01. The zero-order valence-corrected chi connectivity index (χ0v) is 12.2. The highest BCUT2D eigenvalue weighted by atomic mass is 19.4. The highest BCUT2D eigenvalue weighted by Gasteiger charge is 2.59. The van der Waals surface area contributed by atoms with Gasteiger partial charge in [0.05, 0.1) is 12.1 Å². The van der Waals surface area contributed by atoms with Crippen LogP contribution in [0.4, 0.5) is 27.8 Å². The third-order valence-electron chi connectivity index (χ3n) is 3.01. The first-order valence-corrected chi connectivity index (χ1v) is 6.13. The number of terminal acetylenes is 1. The molecule has 10 heteroatoms. The summed E-state index contributed by atoms with van der Waals surface area (Å²) in [6, 6.07) is 0. The number of amides is 1. The number of alkyl halides is 5. The monoisotopic (exact) mass is 336 g/mol. The summed E-state index contributed by atoms with van der Waals surface area (Å²) < 4.78 is 64.5. The minimum absolute atomic E-state index is 0.422. The van der Waals surface area contributed by atoms with Gasteiger partial charge in [-0.25, -0.2) is 9.97 Å². The molecule has 23 heavy (non-hydrogen) atoms. The number of primary amides is 1. The van der Waals surface area contributed by atoms with Gasteiger partial charge in [-0.2, -0.15) is 22.0 Å². The van der Waals surface area contributed by atoms with Crippen molar-refractivity contribution >= 4 is 11.7 Å². The molecule has 126 valence electrons. The minimum Gasteiger partial charge on any atom is -0.365 e. The Hall–Kier alpha value is -2.44. The molecule has 0 aliphatic carbocycles. The van der Waals surface area contributed by atoms with E-state index in [9.17, 15) is 26.7 Å². The quantitative estimate of drug-likeness (QED) is 0.659. The average molecular weight is 336 g/mol. The lowest BCUT2D eigenvalue weighted by molar-refractivity contribution is -0.277. The van der Waals surface area contributed by atoms with E-state index < -0.39 is 41.5 Å². The van der Waals surface area contributed by atoms with Crippen molar-refractivity contribution in [3.05, 3.63) is 18.1 Å². The first-order chi connectivity index (χ1) is 10.3. The standard InChI is InChI=1S/C13H13F5N4O/c1-4-11(2,3)22(6-12(14,15)13(16,17)18)10-8(9(19)23)5-20-7-21-10/h1,5,7H,6H2,2-3H3,(H2,19,23). The van der Waals surface area contributed by atoms with Gasteiger partial charge in [0.2, 0.25) is 0 Å². The van der Waals surface area contributed by atoms with Crippen molar-refractivity contribution in [2.24, 2.45) is 5.73 Å². The summed E-state index contributed by atoms with van der Waals surface area (Å²) in [6.07, 6.45) is 1.22. The maximum Gasteiger partial charge on any atom is 0.455 e. The molecule has 0 unspecified atom stereocenters. The van der Waals surface area contributed by atoms with Crippen molar-refractivity contribution in [3.63, 3.8) is 0 Å². The summed E-state index contributed by atoms with van der Waals surface area (Å²) >= 11 is 0. The van der Waals surface area contributed by atoms with Gasteiger partial charge >= 0.3 is 12.1 Å². The van der Waals surface area contributed by atoms with E-state index in [-0.39, 0.29) is 0 Å². The summed E-state index contributed by atoms with van der Waals surface area (Å²) in [5, 5.41) is 0. The number of anilines is 1. The van der Waals surface area contributed by atoms with Gasteiger partial charge in [-0.05, 0) is 13.8 Å². The van der Waals surface area contributed by atoms with Gasteiger partial charge in [0.1, 0.15) is 17.7 Å². The molecule has 1 heterocycles. The van der Waals surface area contributed by atoms with Crippen LogP contribution in [0, 0.1) is 12.3 Å². The number of nitrogens with zero attached hydrogens (tertiary/aromatic N) is 3. The highest BCUT2D eigenvalue weighted by molar-refractivity contribution is 5.97. The van der Waals surface area contributed by atoms with Gasteiger partial charge in [0, 0.05) is 6.20 Å². The van der Waals surface area contributed by atoms with Gasteiger partial charge in [-0.1, -0.05) is 5.92 Å². The zero-order chi connectivity index (χ0) is 18.1. The lowest BCUT2D eigenvalue weighted by Gasteiger charge is -2.38. The van der Waals surface area contributed by atoms with E-state index in [1.165, 1.54) is 13.8 Å². The molecule has 5 nitrogen and oxygen atoms in total. The third kappa shape index (κ3) is 3.85. The molecule has 1 aromatic rings. The molecule has 1 rings (SSSR count). The second-order valence-corrected chi connectivity index (χ2v) is 5.12. The van der Waals surface area contributed by atoms with Crippen LogP contribution in [0.1, 0.15) is 24.2 Å². The van der Waals surface area contributed by atoms with E-state index in [1.54, 1.807) is 0 Å². The minimum atomic E-state index is -5.80. The number of aromatic nitrogens is 2. The van der Waals surface area contributed by atoms with Gasteiger partial charge in [0.15, 0.2) is 0 Å². The molecular formula is C13H13F5N4O. The molecule has 2 N–H and O–H groups in total. The van der Waals surface area contributed by atoms with E-state index in [4.69, 9.17) is 12.2 Å². The Morgan fingerprint density at radius 2 is 1.91 bits per heavy atom. The van der Waals surface area contributed by atoms with E-state index in [2.05, 4.69) is 15.9 Å². The summed E-state index contributed by atoms with van der Waals surface area (Å²) in [6.45, 7) is 0.629. The SMILES string of the molecule is C#CC(C)(C)N(CC(F)(F)C(F)(F)F)c1ncncc1C(N)=O. The van der Waals surface area contributed by atoms with Crippen LogP contribution in [0.2, 0.25) is 0 Å². The Morgan fingerprint density at radius 1 is 1.35 bits per heavy atom. The Balaban J connectivity index is 3.47. The van der Waals surface area contributed by atoms with Crippen molar-refractivity contribution in [1.29, 1.82) is 0 Å². The Labute approximate surface area is 128 Å². The molecule has 0 aliphatic heterocycles. The number of nitrogens with two attached hydrogens (primary N) is 1. The van der Waals surface area contributed by atoms with Crippen molar-refractivity contribution in [2.75, 3.05) is 11.4 Å². The van der Waals surface area contributed by atoms with Gasteiger partial charge < -0.3 is 10.6 Å². The number of rotatable bonds is 5. The van der Waals surface area contributed by atoms with Crippen LogP contribution in [-0.2, 0) is 0 Å². The first-order valence-electron chi connectivity index (χ1n) is 6.13. The number of carbonyl (C=O) groups excluding carboxylic acids is 1. The molecule has 1 amide bonds. The maximum atomic E-state index is 13.5. The summed E-state index contributed by atoms with van der Waals surface area (Å²) in [7, 11) is 0. The predicted molar refractivity (Wildman–Crippen MR) is 71.8 cm³/mol. The highest BCUT2D eigenvalue weighted by Crippen LogP contribution is 2.38. The van der Waals surface area contributed by atoms with Crippen LogP contribution in [0.5, 0.6) is 0 Å². The van der Waals surface area contributed by atoms with E-state index in [1.807, 2.05) is 0 Å². The van der Waals surface area contributed by atoms with Gasteiger partial charge in [0.25, 0.3) is 5.91 Å². The Bertz CT molecular complexity index is 636. The van der Waals surface area contributed by atoms with E-state index in [0.717, 1.165) is 12.5 Å². The lowest BCUT2D eigenvalue weighted by Crippen LogP contribution is -2.54. The Kier molecular flexibility index (Phi) is 4.84. The smallest absolute Gasteiger partial charge is 0.365 e. The van der Waals surface area contributed by atoms with Crippen molar-refractivity contribution in [1.82, 2.24) is 9.97 Å². The summed E-state index contributed by atoms with van der Waals surface area (Å²) in [4.78, 5) is 19.0. The molecule has 0 atom stereocenters. The fourth-order valence-electron chi connectivity index (χ4n) is 1.62. The van der Waals surface area contributed by atoms with Crippen LogP contribution in [0.25, 0.3) is 0 Å². The second kappa shape index (κ2) is 5.98. The number of halogens is 5. The molecule has 1 aromatic heterocycles. The molecule has 0 saturated carbocycles. The fourth-order valence-corrected chi connectivity index (χ4v) is 1.62. The predicted octanol–water partition coefficient (Wildman–Crippen LogP) is 1.99. The lowest BCUT2D eigenvalue weighted by atomic mass is 10.0. The van der Waals surface area contributed by atoms with Crippen LogP contribution < -0.4 is 10.6 Å². The molecule has 0 saturated heterocycles. The first kappa shape index (κ1) is 18.6. The molecule has 0 fully saturated rings. The van der Waals surface area contributed by atoms with Crippen LogP contribution in [-0.4, -0.2) is 40.1 Å². The van der Waals surface area contributed by atoms with Crippen molar-refractivity contribution < 1.29 is 26.7 Å². The van der Waals surface area contributed by atoms with Crippen molar-refractivity contribution in [3.8, 4) is 12.3 Å². The second-order valence-electron chi connectivity index (χ2n) is 5.12. The number of hydrogen-bond acceptors (Lipinski definition) is 4. The molecule has 0 spiro atoms. The Morgan fingerprint density at radius 3 is 2.35 bits per heavy atom. The fraction of sp³-hybridized carbons (Fsp3) is 0.462.